The Morgan fingerprint density at radius 2 is 1.83 bits per heavy atom. The van der Waals surface area contributed by atoms with E-state index in [1.807, 2.05) is 30.9 Å². The van der Waals surface area contributed by atoms with E-state index in [2.05, 4.69) is 27.4 Å². The minimum absolute atomic E-state index is 0.0936. The predicted octanol–water partition coefficient (Wildman–Crippen LogP) is 3.23. The van der Waals surface area contributed by atoms with Crippen LogP contribution in [-0.4, -0.2) is 46.3 Å². The quantitative estimate of drug-likeness (QED) is 0.782. The standard InChI is InChI=1S/C23H30N4O2/c1-3-6-21(28)27-11-9-23(10-12-27,22(29)26-4-2)14-18-7-5-8-19(13-18)20-15-24-17-25-16-20/h5,7-8,13,15-17H,3-4,6,9-12,14H2,1-2H3,(H,26,29). The van der Waals surface area contributed by atoms with Gasteiger partial charge >= 0.3 is 0 Å². The number of aromatic nitrogens is 2. The fourth-order valence-corrected chi connectivity index (χ4v) is 4.09. The maximum absolute atomic E-state index is 13.0. The molecule has 6 nitrogen and oxygen atoms in total. The second kappa shape index (κ2) is 9.63. The van der Waals surface area contributed by atoms with Gasteiger partial charge in [-0.05, 0) is 43.7 Å². The van der Waals surface area contributed by atoms with Crippen LogP contribution in [0.3, 0.4) is 0 Å². The van der Waals surface area contributed by atoms with Crippen molar-refractivity contribution in [3.63, 3.8) is 0 Å². The number of carbonyl (C=O) groups excluding carboxylic acids is 2. The first-order valence-electron chi connectivity index (χ1n) is 10.5. The summed E-state index contributed by atoms with van der Waals surface area (Å²) < 4.78 is 0. The average molecular weight is 395 g/mol. The van der Waals surface area contributed by atoms with Gasteiger partial charge in [0, 0.05) is 44.0 Å². The first kappa shape index (κ1) is 21.0. The third-order valence-corrected chi connectivity index (χ3v) is 5.72. The Morgan fingerprint density at radius 3 is 2.48 bits per heavy atom. The van der Waals surface area contributed by atoms with Gasteiger partial charge in [-0.1, -0.05) is 31.2 Å². The molecule has 2 aromatic rings. The van der Waals surface area contributed by atoms with Gasteiger partial charge in [-0.3, -0.25) is 9.59 Å². The van der Waals surface area contributed by atoms with Crippen LogP contribution >= 0.6 is 0 Å². The van der Waals surface area contributed by atoms with Gasteiger partial charge in [0.25, 0.3) is 0 Å². The van der Waals surface area contributed by atoms with Crippen LogP contribution in [-0.2, 0) is 16.0 Å². The van der Waals surface area contributed by atoms with Crippen LogP contribution in [0, 0.1) is 5.41 Å². The molecule has 0 saturated carbocycles. The molecule has 1 saturated heterocycles. The van der Waals surface area contributed by atoms with E-state index in [0.717, 1.165) is 23.1 Å². The maximum Gasteiger partial charge on any atom is 0.226 e. The molecule has 154 valence electrons. The lowest BCUT2D eigenvalue weighted by atomic mass is 9.72. The molecule has 2 heterocycles. The number of piperidine rings is 1. The molecule has 6 heteroatoms. The minimum atomic E-state index is -0.481. The summed E-state index contributed by atoms with van der Waals surface area (Å²) in [6.07, 6.45) is 8.58. The third-order valence-electron chi connectivity index (χ3n) is 5.72. The number of amides is 2. The van der Waals surface area contributed by atoms with E-state index in [0.29, 0.717) is 45.3 Å². The highest BCUT2D eigenvalue weighted by atomic mass is 16.2. The van der Waals surface area contributed by atoms with Gasteiger partial charge < -0.3 is 10.2 Å². The SMILES string of the molecule is CCCC(=O)N1CCC(Cc2cccc(-c3cncnc3)c2)(C(=O)NCC)CC1. The first-order valence-corrected chi connectivity index (χ1v) is 10.5. The monoisotopic (exact) mass is 394 g/mol. The van der Waals surface area contributed by atoms with Crippen molar-refractivity contribution >= 4 is 11.8 Å². The summed E-state index contributed by atoms with van der Waals surface area (Å²) in [6, 6.07) is 8.24. The Labute approximate surface area is 172 Å². The van der Waals surface area contributed by atoms with E-state index in [1.165, 1.54) is 6.33 Å². The molecular weight excluding hydrogens is 364 g/mol. The highest BCUT2D eigenvalue weighted by molar-refractivity contribution is 5.84. The summed E-state index contributed by atoms with van der Waals surface area (Å²) in [5, 5.41) is 3.03. The number of rotatable bonds is 7. The molecule has 29 heavy (non-hydrogen) atoms. The number of carbonyl (C=O) groups is 2. The lowest BCUT2D eigenvalue weighted by Gasteiger charge is -2.41. The highest BCUT2D eigenvalue weighted by Crippen LogP contribution is 2.36. The largest absolute Gasteiger partial charge is 0.356 e. The lowest BCUT2D eigenvalue weighted by Crippen LogP contribution is -2.51. The van der Waals surface area contributed by atoms with E-state index < -0.39 is 5.41 Å². The normalized spacial score (nSPS) is 15.7. The number of nitrogens with one attached hydrogen (secondary N) is 1. The van der Waals surface area contributed by atoms with Gasteiger partial charge in [0.2, 0.25) is 11.8 Å². The van der Waals surface area contributed by atoms with Crippen LogP contribution in [0.4, 0.5) is 0 Å². The van der Waals surface area contributed by atoms with Crippen molar-refractivity contribution in [2.75, 3.05) is 19.6 Å². The molecule has 3 rings (SSSR count). The second-order valence-corrected chi connectivity index (χ2v) is 7.77. The summed E-state index contributed by atoms with van der Waals surface area (Å²) >= 11 is 0. The Bertz CT molecular complexity index is 830. The van der Waals surface area contributed by atoms with E-state index >= 15 is 0 Å². The van der Waals surface area contributed by atoms with Gasteiger partial charge in [-0.15, -0.1) is 0 Å². The summed E-state index contributed by atoms with van der Waals surface area (Å²) in [5.41, 5.74) is 2.64. The first-order chi connectivity index (χ1) is 14.1. The Balaban J connectivity index is 1.80. The molecule has 1 aromatic heterocycles. The molecule has 0 bridgehead atoms. The predicted molar refractivity (Wildman–Crippen MR) is 113 cm³/mol. The van der Waals surface area contributed by atoms with Crippen molar-refractivity contribution in [1.29, 1.82) is 0 Å². The smallest absolute Gasteiger partial charge is 0.226 e. The van der Waals surface area contributed by atoms with Crippen LogP contribution in [0.1, 0.15) is 45.1 Å². The van der Waals surface area contributed by atoms with Gasteiger partial charge in [-0.25, -0.2) is 9.97 Å². The van der Waals surface area contributed by atoms with E-state index in [4.69, 9.17) is 0 Å². The summed E-state index contributed by atoms with van der Waals surface area (Å²) in [6.45, 7) is 5.86. The Morgan fingerprint density at radius 1 is 1.10 bits per heavy atom. The summed E-state index contributed by atoms with van der Waals surface area (Å²) in [7, 11) is 0. The summed E-state index contributed by atoms with van der Waals surface area (Å²) in [4.78, 5) is 35.4. The summed E-state index contributed by atoms with van der Waals surface area (Å²) in [5.74, 6) is 0.291. The topological polar surface area (TPSA) is 75.2 Å². The van der Waals surface area contributed by atoms with Crippen molar-refractivity contribution in [1.82, 2.24) is 20.2 Å². The van der Waals surface area contributed by atoms with Crippen LogP contribution in [0.25, 0.3) is 11.1 Å². The molecule has 0 spiro atoms. The van der Waals surface area contributed by atoms with Gasteiger partial charge in [0.15, 0.2) is 0 Å². The highest BCUT2D eigenvalue weighted by Gasteiger charge is 2.41. The molecule has 1 aliphatic heterocycles. The number of nitrogens with zero attached hydrogens (tertiary/aromatic N) is 3. The van der Waals surface area contributed by atoms with Crippen molar-refractivity contribution in [2.45, 2.75) is 46.0 Å². The third kappa shape index (κ3) is 5.00. The zero-order valence-corrected chi connectivity index (χ0v) is 17.4. The van der Waals surface area contributed by atoms with Crippen molar-refractivity contribution in [2.24, 2.45) is 5.41 Å². The minimum Gasteiger partial charge on any atom is -0.356 e. The molecule has 0 unspecified atom stereocenters. The Kier molecular flexibility index (Phi) is 6.96. The van der Waals surface area contributed by atoms with Crippen LogP contribution in [0.2, 0.25) is 0 Å². The molecule has 0 radical (unpaired) electrons. The number of hydrogen-bond acceptors (Lipinski definition) is 4. The Hall–Kier alpha value is -2.76. The molecule has 1 N–H and O–H groups in total. The molecule has 0 aliphatic carbocycles. The molecule has 1 aliphatic rings. The fourth-order valence-electron chi connectivity index (χ4n) is 4.09. The van der Waals surface area contributed by atoms with Gasteiger partial charge in [-0.2, -0.15) is 0 Å². The van der Waals surface area contributed by atoms with Crippen LogP contribution < -0.4 is 5.32 Å². The second-order valence-electron chi connectivity index (χ2n) is 7.77. The molecule has 1 fully saturated rings. The molecule has 1 aromatic carbocycles. The van der Waals surface area contributed by atoms with Gasteiger partial charge in [0.1, 0.15) is 6.33 Å². The van der Waals surface area contributed by atoms with Gasteiger partial charge in [0.05, 0.1) is 5.41 Å². The van der Waals surface area contributed by atoms with Crippen molar-refractivity contribution in [3.8, 4) is 11.1 Å². The number of benzene rings is 1. The maximum atomic E-state index is 13.0. The number of hydrogen-bond donors (Lipinski definition) is 1. The zero-order chi connectivity index (χ0) is 20.7. The van der Waals surface area contributed by atoms with Crippen LogP contribution in [0.5, 0.6) is 0 Å². The van der Waals surface area contributed by atoms with Crippen molar-refractivity contribution < 1.29 is 9.59 Å². The molecule has 2 amide bonds. The van der Waals surface area contributed by atoms with E-state index in [9.17, 15) is 9.59 Å². The lowest BCUT2D eigenvalue weighted by molar-refractivity contribution is -0.140. The number of likely N-dealkylation sites (tertiary alicyclic amines) is 1. The van der Waals surface area contributed by atoms with E-state index in [-0.39, 0.29) is 11.8 Å². The molecular formula is C23H30N4O2. The fraction of sp³-hybridized carbons (Fsp3) is 0.478. The van der Waals surface area contributed by atoms with Crippen LogP contribution in [0.15, 0.2) is 43.0 Å². The zero-order valence-electron chi connectivity index (χ0n) is 17.4. The average Bonchev–Trinajstić information content (AvgIpc) is 2.75. The molecule has 0 atom stereocenters. The van der Waals surface area contributed by atoms with Crippen molar-refractivity contribution in [3.05, 3.63) is 48.5 Å². The van der Waals surface area contributed by atoms with E-state index in [1.54, 1.807) is 12.4 Å².